The molecule has 0 saturated carbocycles. The Balaban J connectivity index is 2.21. The summed E-state index contributed by atoms with van der Waals surface area (Å²) in [6.07, 6.45) is 0. The maximum Gasteiger partial charge on any atom is 0.322 e. The van der Waals surface area contributed by atoms with Gasteiger partial charge in [0.1, 0.15) is 0 Å². The Morgan fingerprint density at radius 2 is 1.45 bits per heavy atom. The number of urea groups is 1. The number of carbonyl (C=O) groups is 2. The average molecular weight is 331 g/mol. The molecule has 0 radical (unpaired) electrons. The van der Waals surface area contributed by atoms with Gasteiger partial charge in [0, 0.05) is 4.47 Å². The molecule has 0 aromatic heterocycles. The van der Waals surface area contributed by atoms with Gasteiger partial charge >= 0.3 is 6.03 Å². The van der Waals surface area contributed by atoms with Crippen molar-refractivity contribution < 1.29 is 9.59 Å². The van der Waals surface area contributed by atoms with Gasteiger partial charge in [-0.2, -0.15) is 0 Å². The van der Waals surface area contributed by atoms with Crippen LogP contribution in [0, 0.1) is 0 Å². The van der Waals surface area contributed by atoms with Crippen molar-refractivity contribution in [3.63, 3.8) is 0 Å². The molecule has 2 aromatic rings. The molecule has 0 spiro atoms. The molecule has 1 unspecified atom stereocenters. The zero-order valence-corrected chi connectivity index (χ0v) is 12.0. The second-order valence-electron chi connectivity index (χ2n) is 4.53. The molecule has 1 saturated heterocycles. The van der Waals surface area contributed by atoms with Crippen molar-refractivity contribution in [2.24, 2.45) is 0 Å². The van der Waals surface area contributed by atoms with Crippen molar-refractivity contribution in [1.29, 1.82) is 0 Å². The molecule has 1 aliphatic heterocycles. The number of carbonyl (C=O) groups excluding carboxylic acids is 2. The molecule has 1 atom stereocenters. The predicted octanol–water partition coefficient (Wildman–Crippen LogP) is 2.53. The van der Waals surface area contributed by atoms with Crippen LogP contribution in [0.5, 0.6) is 0 Å². The van der Waals surface area contributed by atoms with Crippen LogP contribution >= 0.6 is 15.9 Å². The molecule has 20 heavy (non-hydrogen) atoms. The van der Waals surface area contributed by atoms with Crippen LogP contribution in [0.25, 0.3) is 0 Å². The molecule has 3 amide bonds. The summed E-state index contributed by atoms with van der Waals surface area (Å²) in [7, 11) is 0. The van der Waals surface area contributed by atoms with Crippen LogP contribution in [0.2, 0.25) is 0 Å². The summed E-state index contributed by atoms with van der Waals surface area (Å²) < 4.78 is 0.911. The third kappa shape index (κ3) is 1.91. The molecule has 0 bridgehead atoms. The fraction of sp³-hybridized carbons (Fsp3) is 0.0667. The molecule has 4 nitrogen and oxygen atoms in total. The standard InChI is InChI=1S/C15H11BrN2O2/c16-12-8-6-11(7-9-12)15(10-4-2-1-3-5-10)13(19)17-14(20)18-15/h1-9H,(H2,17,18,19,20). The van der Waals surface area contributed by atoms with E-state index in [9.17, 15) is 9.59 Å². The van der Waals surface area contributed by atoms with Crippen molar-refractivity contribution >= 4 is 27.9 Å². The third-order valence-corrected chi connectivity index (χ3v) is 3.88. The van der Waals surface area contributed by atoms with Gasteiger partial charge in [-0.1, -0.05) is 58.4 Å². The molecular formula is C15H11BrN2O2. The highest BCUT2D eigenvalue weighted by atomic mass is 79.9. The Morgan fingerprint density at radius 1 is 0.850 bits per heavy atom. The van der Waals surface area contributed by atoms with Crippen LogP contribution in [0.1, 0.15) is 11.1 Å². The Hall–Kier alpha value is -2.14. The minimum absolute atomic E-state index is 0.365. The van der Waals surface area contributed by atoms with Gasteiger partial charge in [-0.25, -0.2) is 4.79 Å². The Kier molecular flexibility index (Phi) is 3.06. The highest BCUT2D eigenvalue weighted by Crippen LogP contribution is 2.33. The van der Waals surface area contributed by atoms with Gasteiger partial charge in [-0.3, -0.25) is 10.1 Å². The van der Waals surface area contributed by atoms with Crippen molar-refractivity contribution in [1.82, 2.24) is 10.6 Å². The smallest absolute Gasteiger partial charge is 0.316 e. The van der Waals surface area contributed by atoms with Gasteiger partial charge in [0.2, 0.25) is 0 Å². The summed E-state index contributed by atoms with van der Waals surface area (Å²) in [6, 6.07) is 16.1. The van der Waals surface area contributed by atoms with Crippen LogP contribution < -0.4 is 10.6 Å². The second kappa shape index (κ2) is 4.76. The highest BCUT2D eigenvalue weighted by Gasteiger charge is 2.49. The Labute approximate surface area is 124 Å². The fourth-order valence-electron chi connectivity index (χ4n) is 2.42. The van der Waals surface area contributed by atoms with Gasteiger partial charge in [0.25, 0.3) is 5.91 Å². The summed E-state index contributed by atoms with van der Waals surface area (Å²) in [5, 5.41) is 5.07. The van der Waals surface area contributed by atoms with Crippen LogP contribution in [0.3, 0.4) is 0 Å². The maximum atomic E-state index is 12.4. The molecule has 1 fully saturated rings. The molecule has 100 valence electrons. The molecule has 3 rings (SSSR count). The monoisotopic (exact) mass is 330 g/mol. The number of amides is 3. The molecular weight excluding hydrogens is 320 g/mol. The van der Waals surface area contributed by atoms with E-state index >= 15 is 0 Å². The average Bonchev–Trinajstić information content (AvgIpc) is 2.76. The molecule has 1 aliphatic rings. The van der Waals surface area contributed by atoms with Gasteiger partial charge in [-0.15, -0.1) is 0 Å². The van der Waals surface area contributed by atoms with E-state index in [4.69, 9.17) is 0 Å². The number of imide groups is 1. The third-order valence-electron chi connectivity index (χ3n) is 3.35. The van der Waals surface area contributed by atoms with Crippen molar-refractivity contribution in [2.75, 3.05) is 0 Å². The van der Waals surface area contributed by atoms with Crippen molar-refractivity contribution in [3.05, 3.63) is 70.2 Å². The first-order valence-electron chi connectivity index (χ1n) is 6.08. The molecule has 5 heteroatoms. The summed E-state index contributed by atoms with van der Waals surface area (Å²) in [5.41, 5.74) is 0.278. The molecule has 2 N–H and O–H groups in total. The normalized spacial score (nSPS) is 21.4. The second-order valence-corrected chi connectivity index (χ2v) is 5.45. The lowest BCUT2D eigenvalue weighted by atomic mass is 9.83. The van der Waals surface area contributed by atoms with Gasteiger partial charge < -0.3 is 5.32 Å². The first kappa shape index (κ1) is 12.9. The minimum Gasteiger partial charge on any atom is -0.316 e. The first-order chi connectivity index (χ1) is 9.63. The minimum atomic E-state index is -1.17. The maximum absolute atomic E-state index is 12.4. The van der Waals surface area contributed by atoms with Crippen LogP contribution in [-0.2, 0) is 10.3 Å². The van der Waals surface area contributed by atoms with Gasteiger partial charge in [0.05, 0.1) is 0 Å². The Bertz CT molecular complexity index is 670. The number of nitrogens with one attached hydrogen (secondary N) is 2. The fourth-order valence-corrected chi connectivity index (χ4v) is 2.68. The largest absolute Gasteiger partial charge is 0.322 e. The van der Waals surface area contributed by atoms with Crippen LogP contribution in [0.15, 0.2) is 59.1 Å². The van der Waals surface area contributed by atoms with E-state index in [1.54, 1.807) is 0 Å². The van der Waals surface area contributed by atoms with E-state index in [-0.39, 0.29) is 5.91 Å². The molecule has 1 heterocycles. The highest BCUT2D eigenvalue weighted by molar-refractivity contribution is 9.10. The van der Waals surface area contributed by atoms with E-state index in [1.165, 1.54) is 0 Å². The molecule has 0 aliphatic carbocycles. The summed E-state index contributed by atoms with van der Waals surface area (Å²) in [6.45, 7) is 0. The van der Waals surface area contributed by atoms with Crippen molar-refractivity contribution in [3.8, 4) is 0 Å². The zero-order chi connectivity index (χ0) is 14.2. The van der Waals surface area contributed by atoms with E-state index < -0.39 is 11.6 Å². The van der Waals surface area contributed by atoms with E-state index in [1.807, 2.05) is 54.6 Å². The van der Waals surface area contributed by atoms with Gasteiger partial charge in [0.15, 0.2) is 5.54 Å². The summed E-state index contributed by atoms with van der Waals surface area (Å²) in [4.78, 5) is 24.0. The Morgan fingerprint density at radius 3 is 2.00 bits per heavy atom. The number of halogens is 1. The lowest BCUT2D eigenvalue weighted by Crippen LogP contribution is -2.44. The van der Waals surface area contributed by atoms with Crippen molar-refractivity contribution in [2.45, 2.75) is 5.54 Å². The first-order valence-corrected chi connectivity index (χ1v) is 6.87. The van der Waals surface area contributed by atoms with E-state index in [2.05, 4.69) is 26.6 Å². The number of benzene rings is 2. The lowest BCUT2D eigenvalue weighted by molar-refractivity contribution is -0.122. The topological polar surface area (TPSA) is 58.2 Å². The van der Waals surface area contributed by atoms with E-state index in [0.717, 1.165) is 15.6 Å². The number of rotatable bonds is 2. The lowest BCUT2D eigenvalue weighted by Gasteiger charge is -2.27. The summed E-state index contributed by atoms with van der Waals surface area (Å²) in [5.74, 6) is -0.365. The number of hydrogen-bond donors (Lipinski definition) is 2. The summed E-state index contributed by atoms with van der Waals surface area (Å²) >= 11 is 3.37. The van der Waals surface area contributed by atoms with Crippen LogP contribution in [-0.4, -0.2) is 11.9 Å². The quantitative estimate of drug-likeness (QED) is 0.831. The molecule has 2 aromatic carbocycles. The SMILES string of the molecule is O=C1NC(=O)C(c2ccccc2)(c2ccc(Br)cc2)N1. The predicted molar refractivity (Wildman–Crippen MR) is 78.0 cm³/mol. The number of hydrogen-bond acceptors (Lipinski definition) is 2. The zero-order valence-electron chi connectivity index (χ0n) is 10.4. The van der Waals surface area contributed by atoms with Crippen LogP contribution in [0.4, 0.5) is 4.79 Å². The van der Waals surface area contributed by atoms with Gasteiger partial charge in [-0.05, 0) is 23.3 Å². The van der Waals surface area contributed by atoms with E-state index in [0.29, 0.717) is 0 Å².